The molecule has 3 aromatic rings. The first-order chi connectivity index (χ1) is 14.1. The van der Waals surface area contributed by atoms with E-state index in [0.29, 0.717) is 31.9 Å². The standard InChI is InChI=1S/C21H22N6O2/c1-15-20-23-16(12-19(28)24-7-4-5-8-24)14-25(20)10-11-26(15)21(29)17-13-22-18-6-2-3-9-27(17)18/h2-6,9,13-15H,7-8,10-12H2,1H3. The molecular formula is C21H22N6O2. The molecule has 1 atom stereocenters. The third-order valence-corrected chi connectivity index (χ3v) is 5.68. The fourth-order valence-corrected chi connectivity index (χ4v) is 4.10. The summed E-state index contributed by atoms with van der Waals surface area (Å²) >= 11 is 0. The van der Waals surface area contributed by atoms with Gasteiger partial charge in [0.15, 0.2) is 0 Å². The van der Waals surface area contributed by atoms with Gasteiger partial charge in [0.2, 0.25) is 5.91 Å². The highest BCUT2D eigenvalue weighted by Gasteiger charge is 2.32. The maximum atomic E-state index is 13.2. The molecule has 0 aromatic carbocycles. The van der Waals surface area contributed by atoms with Crippen LogP contribution in [0.15, 0.2) is 48.9 Å². The van der Waals surface area contributed by atoms with E-state index in [4.69, 9.17) is 4.98 Å². The summed E-state index contributed by atoms with van der Waals surface area (Å²) in [5, 5.41) is 0. The van der Waals surface area contributed by atoms with Gasteiger partial charge in [-0.25, -0.2) is 9.97 Å². The Kier molecular flexibility index (Phi) is 4.19. The summed E-state index contributed by atoms with van der Waals surface area (Å²) in [6.07, 6.45) is 9.71. The minimum absolute atomic E-state index is 0.0637. The monoisotopic (exact) mass is 390 g/mol. The van der Waals surface area contributed by atoms with Crippen molar-refractivity contribution in [2.24, 2.45) is 0 Å². The third-order valence-electron chi connectivity index (χ3n) is 5.68. The maximum Gasteiger partial charge on any atom is 0.273 e. The van der Waals surface area contributed by atoms with E-state index in [2.05, 4.69) is 9.55 Å². The summed E-state index contributed by atoms with van der Waals surface area (Å²) in [7, 11) is 0. The number of carbonyl (C=O) groups excluding carboxylic acids is 2. The summed E-state index contributed by atoms with van der Waals surface area (Å²) in [4.78, 5) is 38.3. The molecule has 5 rings (SSSR count). The van der Waals surface area contributed by atoms with Crippen molar-refractivity contribution in [1.82, 2.24) is 28.7 Å². The van der Waals surface area contributed by atoms with Crippen molar-refractivity contribution in [1.29, 1.82) is 0 Å². The number of rotatable bonds is 3. The number of hydrogen-bond donors (Lipinski definition) is 0. The fourth-order valence-electron chi connectivity index (χ4n) is 4.10. The molecule has 29 heavy (non-hydrogen) atoms. The van der Waals surface area contributed by atoms with Crippen LogP contribution in [0.3, 0.4) is 0 Å². The first-order valence-electron chi connectivity index (χ1n) is 9.83. The minimum atomic E-state index is -0.178. The number of amides is 2. The highest BCUT2D eigenvalue weighted by molar-refractivity contribution is 5.93. The lowest BCUT2D eigenvalue weighted by Crippen LogP contribution is -2.41. The number of nitrogens with zero attached hydrogens (tertiary/aromatic N) is 6. The van der Waals surface area contributed by atoms with Crippen molar-refractivity contribution in [2.75, 3.05) is 19.6 Å². The van der Waals surface area contributed by atoms with Crippen LogP contribution in [-0.2, 0) is 17.8 Å². The Morgan fingerprint density at radius 3 is 2.83 bits per heavy atom. The molecule has 5 heterocycles. The van der Waals surface area contributed by atoms with E-state index in [9.17, 15) is 9.59 Å². The second-order valence-corrected chi connectivity index (χ2v) is 7.48. The van der Waals surface area contributed by atoms with Gasteiger partial charge in [0.05, 0.1) is 24.4 Å². The Balaban J connectivity index is 1.36. The Labute approximate surface area is 168 Å². The van der Waals surface area contributed by atoms with Crippen LogP contribution in [0.25, 0.3) is 5.65 Å². The summed E-state index contributed by atoms with van der Waals surface area (Å²) in [6, 6.07) is 5.49. The lowest BCUT2D eigenvalue weighted by atomic mass is 10.2. The Morgan fingerprint density at radius 1 is 1.17 bits per heavy atom. The molecule has 0 fully saturated rings. The summed E-state index contributed by atoms with van der Waals surface area (Å²) in [6.45, 7) is 4.57. The second-order valence-electron chi connectivity index (χ2n) is 7.48. The molecule has 0 saturated heterocycles. The third kappa shape index (κ3) is 3.00. The molecule has 8 heteroatoms. The van der Waals surface area contributed by atoms with Gasteiger partial charge in [-0.1, -0.05) is 18.2 Å². The van der Waals surface area contributed by atoms with Gasteiger partial charge in [-0.15, -0.1) is 0 Å². The number of imidazole rings is 2. The van der Waals surface area contributed by atoms with Gasteiger partial charge in [-0.2, -0.15) is 0 Å². The smallest absolute Gasteiger partial charge is 0.273 e. The zero-order valence-electron chi connectivity index (χ0n) is 16.2. The van der Waals surface area contributed by atoms with Crippen molar-refractivity contribution < 1.29 is 9.59 Å². The van der Waals surface area contributed by atoms with Gasteiger partial charge in [-0.3, -0.25) is 14.0 Å². The summed E-state index contributed by atoms with van der Waals surface area (Å²) < 4.78 is 3.87. The molecule has 0 saturated carbocycles. The molecule has 1 unspecified atom stereocenters. The normalized spacial score (nSPS) is 18.4. The van der Waals surface area contributed by atoms with E-state index >= 15 is 0 Å². The van der Waals surface area contributed by atoms with Gasteiger partial charge < -0.3 is 14.4 Å². The molecule has 0 bridgehead atoms. The number of hydrogen-bond acceptors (Lipinski definition) is 4. The number of pyridine rings is 1. The molecule has 2 aliphatic heterocycles. The van der Waals surface area contributed by atoms with Crippen molar-refractivity contribution in [3.63, 3.8) is 0 Å². The van der Waals surface area contributed by atoms with Gasteiger partial charge in [-0.05, 0) is 19.1 Å². The highest BCUT2D eigenvalue weighted by Crippen LogP contribution is 2.27. The lowest BCUT2D eigenvalue weighted by Gasteiger charge is -2.33. The quantitative estimate of drug-likeness (QED) is 0.638. The first kappa shape index (κ1) is 17.7. The second kappa shape index (κ2) is 6.88. The van der Waals surface area contributed by atoms with Crippen molar-refractivity contribution >= 4 is 17.5 Å². The average molecular weight is 390 g/mol. The van der Waals surface area contributed by atoms with Crippen LogP contribution in [0.4, 0.5) is 0 Å². The molecule has 0 N–H and O–H groups in total. The molecule has 0 aliphatic carbocycles. The molecular weight excluding hydrogens is 368 g/mol. The molecule has 0 radical (unpaired) electrons. The predicted molar refractivity (Wildman–Crippen MR) is 106 cm³/mol. The van der Waals surface area contributed by atoms with E-state index < -0.39 is 0 Å². The van der Waals surface area contributed by atoms with E-state index in [1.807, 2.05) is 63.9 Å². The highest BCUT2D eigenvalue weighted by atomic mass is 16.2. The van der Waals surface area contributed by atoms with Crippen molar-refractivity contribution in [2.45, 2.75) is 25.9 Å². The molecule has 148 valence electrons. The molecule has 3 aromatic heterocycles. The largest absolute Gasteiger partial charge is 0.335 e. The molecule has 2 amide bonds. The Bertz CT molecular complexity index is 1120. The van der Waals surface area contributed by atoms with Gasteiger partial charge in [0, 0.05) is 38.6 Å². The summed E-state index contributed by atoms with van der Waals surface area (Å²) in [5.41, 5.74) is 2.05. The van der Waals surface area contributed by atoms with Crippen LogP contribution in [-0.4, -0.2) is 60.2 Å². The predicted octanol–water partition coefficient (Wildman–Crippen LogP) is 1.69. The van der Waals surface area contributed by atoms with E-state index in [0.717, 1.165) is 17.2 Å². The Hall–Kier alpha value is -3.42. The van der Waals surface area contributed by atoms with Crippen LogP contribution in [0.5, 0.6) is 0 Å². The number of carbonyl (C=O) groups is 2. The van der Waals surface area contributed by atoms with Crippen LogP contribution >= 0.6 is 0 Å². The van der Waals surface area contributed by atoms with Crippen LogP contribution in [0, 0.1) is 0 Å². The first-order valence-corrected chi connectivity index (χ1v) is 9.83. The van der Waals surface area contributed by atoms with Crippen LogP contribution in [0.1, 0.15) is 35.0 Å². The molecule has 0 spiro atoms. The summed E-state index contributed by atoms with van der Waals surface area (Å²) in [5.74, 6) is 0.837. The van der Waals surface area contributed by atoms with Gasteiger partial charge >= 0.3 is 0 Å². The average Bonchev–Trinajstić information content (AvgIpc) is 3.47. The minimum Gasteiger partial charge on any atom is -0.335 e. The topological polar surface area (TPSA) is 75.7 Å². The maximum absolute atomic E-state index is 13.2. The van der Waals surface area contributed by atoms with E-state index in [1.54, 1.807) is 6.20 Å². The van der Waals surface area contributed by atoms with E-state index in [1.165, 1.54) is 0 Å². The zero-order valence-corrected chi connectivity index (χ0v) is 16.2. The molecule has 8 nitrogen and oxygen atoms in total. The van der Waals surface area contributed by atoms with Gasteiger partial charge in [0.25, 0.3) is 5.91 Å². The van der Waals surface area contributed by atoms with Crippen molar-refractivity contribution in [3.05, 3.63) is 66.2 Å². The number of aromatic nitrogens is 4. The fraction of sp³-hybridized carbons (Fsp3) is 0.333. The molecule has 2 aliphatic rings. The van der Waals surface area contributed by atoms with Crippen LogP contribution in [0.2, 0.25) is 0 Å². The van der Waals surface area contributed by atoms with E-state index in [-0.39, 0.29) is 24.3 Å². The SMILES string of the molecule is CC1c2nc(CC(=O)N3CC=CC3)cn2CCN1C(=O)c1cnc2ccccn12. The lowest BCUT2D eigenvalue weighted by molar-refractivity contribution is -0.129. The zero-order chi connectivity index (χ0) is 20.0. The number of fused-ring (bicyclic) bond motifs is 2. The Morgan fingerprint density at radius 2 is 2.00 bits per heavy atom. The van der Waals surface area contributed by atoms with Crippen molar-refractivity contribution in [3.8, 4) is 0 Å². The van der Waals surface area contributed by atoms with Gasteiger partial charge in [0.1, 0.15) is 17.2 Å². The van der Waals surface area contributed by atoms with Crippen LogP contribution < -0.4 is 0 Å².